The molecule has 136 valence electrons. The first-order chi connectivity index (χ1) is 12.5. The molecular weight excluding hydrogens is 328 g/mol. The van der Waals surface area contributed by atoms with Crippen molar-refractivity contribution in [2.45, 2.75) is 26.7 Å². The van der Waals surface area contributed by atoms with Gasteiger partial charge in [-0.05, 0) is 56.5 Å². The van der Waals surface area contributed by atoms with Crippen molar-refractivity contribution in [3.05, 3.63) is 58.7 Å². The summed E-state index contributed by atoms with van der Waals surface area (Å²) in [6.07, 6.45) is 1.86. The number of hydrogen-bond donors (Lipinski definition) is 1. The van der Waals surface area contributed by atoms with Crippen LogP contribution in [0.25, 0.3) is 0 Å². The first-order valence-electron chi connectivity index (χ1n) is 8.80. The minimum Gasteiger partial charge on any atom is -0.375 e. The number of benzene rings is 2. The molecule has 0 saturated heterocycles. The number of aryl methyl sites for hydroxylation is 3. The summed E-state index contributed by atoms with van der Waals surface area (Å²) in [6, 6.07) is 11.5. The van der Waals surface area contributed by atoms with Gasteiger partial charge in [-0.2, -0.15) is 0 Å². The molecule has 0 radical (unpaired) electrons. The molecule has 2 amide bonds. The highest BCUT2D eigenvalue weighted by atomic mass is 16.5. The van der Waals surface area contributed by atoms with Crippen LogP contribution in [0.1, 0.15) is 33.5 Å². The first kappa shape index (κ1) is 18.1. The van der Waals surface area contributed by atoms with E-state index in [-0.39, 0.29) is 18.4 Å². The fourth-order valence-electron chi connectivity index (χ4n) is 3.42. The molecule has 26 heavy (non-hydrogen) atoms. The summed E-state index contributed by atoms with van der Waals surface area (Å²) in [4.78, 5) is 26.6. The van der Waals surface area contributed by atoms with Gasteiger partial charge in [-0.25, -0.2) is 0 Å². The molecular formula is C21H24N2O3. The van der Waals surface area contributed by atoms with Gasteiger partial charge in [0.05, 0.1) is 0 Å². The maximum absolute atomic E-state index is 12.6. The van der Waals surface area contributed by atoms with Crippen molar-refractivity contribution >= 4 is 23.2 Å². The van der Waals surface area contributed by atoms with Crippen molar-refractivity contribution in [1.82, 2.24) is 0 Å². The molecule has 5 heteroatoms. The van der Waals surface area contributed by atoms with Crippen LogP contribution in [0.3, 0.4) is 0 Å². The minimum absolute atomic E-state index is 0.0542. The molecule has 0 saturated carbocycles. The summed E-state index contributed by atoms with van der Waals surface area (Å²) in [5, 5.41) is 2.95. The summed E-state index contributed by atoms with van der Waals surface area (Å²) in [6.45, 7) is 4.67. The highest BCUT2D eigenvalue weighted by Crippen LogP contribution is 2.30. The number of amides is 2. The van der Waals surface area contributed by atoms with E-state index in [0.29, 0.717) is 17.8 Å². The number of hydrogen-bond acceptors (Lipinski definition) is 3. The number of anilines is 2. The quantitative estimate of drug-likeness (QED) is 0.916. The van der Waals surface area contributed by atoms with Gasteiger partial charge < -0.3 is 15.0 Å². The lowest BCUT2D eigenvalue weighted by atomic mass is 10.0. The number of ether oxygens (including phenoxy) is 1. The lowest BCUT2D eigenvalue weighted by Crippen LogP contribution is -2.37. The number of methoxy groups -OCH3 is 1. The molecule has 3 rings (SSSR count). The van der Waals surface area contributed by atoms with E-state index in [4.69, 9.17) is 4.74 Å². The van der Waals surface area contributed by atoms with Crippen LogP contribution in [0, 0.1) is 13.8 Å². The summed E-state index contributed by atoms with van der Waals surface area (Å²) in [5.41, 5.74) is 5.40. The Morgan fingerprint density at radius 2 is 1.85 bits per heavy atom. The summed E-state index contributed by atoms with van der Waals surface area (Å²) >= 11 is 0. The third kappa shape index (κ3) is 3.94. The Bertz CT molecular complexity index is 825. The van der Waals surface area contributed by atoms with Gasteiger partial charge in [0.1, 0.15) is 6.61 Å². The molecule has 0 atom stereocenters. The van der Waals surface area contributed by atoms with E-state index in [9.17, 15) is 9.59 Å². The number of nitrogens with zero attached hydrogens (tertiary/aromatic N) is 1. The number of carbonyl (C=O) groups excluding carboxylic acids is 2. The normalized spacial score (nSPS) is 13.3. The Balaban J connectivity index is 1.84. The number of carbonyl (C=O) groups is 2. The van der Waals surface area contributed by atoms with Gasteiger partial charge >= 0.3 is 0 Å². The average molecular weight is 352 g/mol. The predicted octanol–water partition coefficient (Wildman–Crippen LogP) is 3.48. The fourth-order valence-corrected chi connectivity index (χ4v) is 3.42. The van der Waals surface area contributed by atoms with Crippen LogP contribution in [0.4, 0.5) is 11.4 Å². The van der Waals surface area contributed by atoms with E-state index in [1.54, 1.807) is 4.90 Å². The number of fused-ring (bicyclic) bond motifs is 1. The van der Waals surface area contributed by atoms with Crippen molar-refractivity contribution in [3.8, 4) is 0 Å². The maximum Gasteiger partial charge on any atom is 0.255 e. The van der Waals surface area contributed by atoms with Gasteiger partial charge in [0, 0.05) is 30.6 Å². The van der Waals surface area contributed by atoms with Crippen LogP contribution in [-0.2, 0) is 16.0 Å². The van der Waals surface area contributed by atoms with Crippen LogP contribution in [0.15, 0.2) is 36.4 Å². The Morgan fingerprint density at radius 3 is 2.54 bits per heavy atom. The highest BCUT2D eigenvalue weighted by molar-refractivity contribution is 6.05. The first-order valence-corrected chi connectivity index (χ1v) is 8.80. The van der Waals surface area contributed by atoms with Gasteiger partial charge in [0.25, 0.3) is 11.8 Å². The van der Waals surface area contributed by atoms with Gasteiger partial charge in [-0.1, -0.05) is 23.3 Å². The van der Waals surface area contributed by atoms with Crippen molar-refractivity contribution in [2.75, 3.05) is 30.5 Å². The van der Waals surface area contributed by atoms with Gasteiger partial charge in [0.15, 0.2) is 0 Å². The highest BCUT2D eigenvalue weighted by Gasteiger charge is 2.23. The largest absolute Gasteiger partial charge is 0.375 e. The van der Waals surface area contributed by atoms with Crippen molar-refractivity contribution in [2.24, 2.45) is 0 Å². The van der Waals surface area contributed by atoms with Crippen LogP contribution >= 0.6 is 0 Å². The van der Waals surface area contributed by atoms with Crippen LogP contribution in [0.5, 0.6) is 0 Å². The van der Waals surface area contributed by atoms with Gasteiger partial charge in [0.2, 0.25) is 0 Å². The van der Waals surface area contributed by atoms with Crippen molar-refractivity contribution in [1.29, 1.82) is 0 Å². The summed E-state index contributed by atoms with van der Waals surface area (Å²) < 4.78 is 4.99. The molecule has 0 unspecified atom stereocenters. The lowest BCUT2D eigenvalue weighted by Gasteiger charge is -2.30. The molecule has 0 aromatic heterocycles. The molecule has 1 heterocycles. The Morgan fingerprint density at radius 1 is 1.12 bits per heavy atom. The Labute approximate surface area is 154 Å². The monoisotopic (exact) mass is 352 g/mol. The third-order valence-electron chi connectivity index (χ3n) is 4.51. The van der Waals surface area contributed by atoms with E-state index in [2.05, 4.69) is 5.32 Å². The summed E-state index contributed by atoms with van der Waals surface area (Å²) in [5.74, 6) is -0.214. The number of rotatable bonds is 4. The third-order valence-corrected chi connectivity index (χ3v) is 4.51. The molecule has 2 aromatic rings. The molecule has 0 bridgehead atoms. The topological polar surface area (TPSA) is 58.6 Å². The SMILES string of the molecule is COCC(=O)N1CCCc2ccc(NC(=O)c3cc(C)cc(C)c3)cc21. The van der Waals surface area contributed by atoms with Gasteiger partial charge in [-0.15, -0.1) is 0 Å². The van der Waals surface area contributed by atoms with Crippen LogP contribution in [0.2, 0.25) is 0 Å². The zero-order valence-corrected chi connectivity index (χ0v) is 15.5. The van der Waals surface area contributed by atoms with E-state index in [1.807, 2.05) is 50.2 Å². The van der Waals surface area contributed by atoms with Crippen molar-refractivity contribution < 1.29 is 14.3 Å². The smallest absolute Gasteiger partial charge is 0.255 e. The average Bonchev–Trinajstić information content (AvgIpc) is 2.60. The van der Waals surface area contributed by atoms with Crippen molar-refractivity contribution in [3.63, 3.8) is 0 Å². The molecule has 1 N–H and O–H groups in total. The van der Waals surface area contributed by atoms with Crippen LogP contribution < -0.4 is 10.2 Å². The van der Waals surface area contributed by atoms with E-state index in [0.717, 1.165) is 35.2 Å². The Hall–Kier alpha value is -2.66. The molecule has 2 aromatic carbocycles. The Kier molecular flexibility index (Phi) is 5.38. The molecule has 0 aliphatic carbocycles. The second kappa shape index (κ2) is 7.70. The minimum atomic E-state index is -0.151. The van der Waals surface area contributed by atoms with E-state index in [1.165, 1.54) is 7.11 Å². The van der Waals surface area contributed by atoms with E-state index >= 15 is 0 Å². The zero-order valence-electron chi connectivity index (χ0n) is 15.5. The van der Waals surface area contributed by atoms with E-state index < -0.39 is 0 Å². The van der Waals surface area contributed by atoms with Gasteiger partial charge in [-0.3, -0.25) is 9.59 Å². The van der Waals surface area contributed by atoms with Crippen LogP contribution in [-0.4, -0.2) is 32.1 Å². The lowest BCUT2D eigenvalue weighted by molar-refractivity contribution is -0.122. The second-order valence-corrected chi connectivity index (χ2v) is 6.76. The molecule has 1 aliphatic heterocycles. The predicted molar refractivity (Wildman–Crippen MR) is 103 cm³/mol. The molecule has 0 spiro atoms. The fraction of sp³-hybridized carbons (Fsp3) is 0.333. The molecule has 0 fully saturated rings. The number of nitrogens with one attached hydrogen (secondary N) is 1. The molecule has 5 nitrogen and oxygen atoms in total. The molecule has 1 aliphatic rings. The second-order valence-electron chi connectivity index (χ2n) is 6.76. The standard InChI is InChI=1S/C21H24N2O3/c1-14-9-15(2)11-17(10-14)21(25)22-18-7-6-16-5-4-8-23(19(16)12-18)20(24)13-26-3/h6-7,9-12H,4-5,8,13H2,1-3H3,(H,22,25). The summed E-state index contributed by atoms with van der Waals surface area (Å²) in [7, 11) is 1.52. The zero-order chi connectivity index (χ0) is 18.7. The maximum atomic E-state index is 12.6.